The lowest BCUT2D eigenvalue weighted by molar-refractivity contribution is -0.146. The third kappa shape index (κ3) is 2.96. The highest BCUT2D eigenvalue weighted by Gasteiger charge is 2.37. The molecule has 4 nitrogen and oxygen atoms in total. The Bertz CT molecular complexity index is 193. The molecule has 0 aliphatic carbocycles. The molecule has 2 N–H and O–H groups in total. The van der Waals surface area contributed by atoms with E-state index in [2.05, 4.69) is 6.92 Å². The lowest BCUT2D eigenvalue weighted by Gasteiger charge is -2.19. The Hall–Kier alpha value is -0.610. The van der Waals surface area contributed by atoms with Crippen LogP contribution in [0.1, 0.15) is 39.0 Å². The monoisotopic (exact) mass is 202 g/mol. The largest absolute Gasteiger partial charge is 0.457 e. The average molecular weight is 202 g/mol. The van der Waals surface area contributed by atoms with Gasteiger partial charge in [-0.2, -0.15) is 0 Å². The molecular weight excluding hydrogens is 184 g/mol. The predicted molar refractivity (Wildman–Crippen MR) is 50.7 cm³/mol. The van der Waals surface area contributed by atoms with Crippen LogP contribution < -0.4 is 0 Å². The SMILES string of the molecule is CCCCC[C@H](O)[C@@H]1OC(=O)C[C@H]1O. The molecule has 1 aliphatic heterocycles. The zero-order valence-corrected chi connectivity index (χ0v) is 8.48. The van der Waals surface area contributed by atoms with Crippen molar-refractivity contribution in [3.05, 3.63) is 0 Å². The fraction of sp³-hybridized carbons (Fsp3) is 0.900. The summed E-state index contributed by atoms with van der Waals surface area (Å²) in [4.78, 5) is 10.8. The maximum absolute atomic E-state index is 10.8. The molecule has 1 fully saturated rings. The van der Waals surface area contributed by atoms with Crippen LogP contribution in [-0.2, 0) is 9.53 Å². The second-order valence-corrected chi connectivity index (χ2v) is 3.79. The molecule has 1 rings (SSSR count). The molecule has 3 atom stereocenters. The summed E-state index contributed by atoms with van der Waals surface area (Å²) >= 11 is 0. The quantitative estimate of drug-likeness (QED) is 0.506. The van der Waals surface area contributed by atoms with E-state index in [9.17, 15) is 15.0 Å². The molecule has 0 unspecified atom stereocenters. The summed E-state index contributed by atoms with van der Waals surface area (Å²) < 4.78 is 4.83. The van der Waals surface area contributed by atoms with Crippen LogP contribution in [0, 0.1) is 0 Å². The van der Waals surface area contributed by atoms with Gasteiger partial charge >= 0.3 is 5.97 Å². The molecule has 4 heteroatoms. The van der Waals surface area contributed by atoms with Crippen molar-refractivity contribution in [1.82, 2.24) is 0 Å². The molecule has 0 radical (unpaired) electrons. The van der Waals surface area contributed by atoms with E-state index in [0.29, 0.717) is 6.42 Å². The molecule has 0 amide bonds. The van der Waals surface area contributed by atoms with Gasteiger partial charge in [0.05, 0.1) is 12.5 Å². The van der Waals surface area contributed by atoms with Crippen LogP contribution in [-0.4, -0.2) is 34.5 Å². The van der Waals surface area contributed by atoms with Crippen molar-refractivity contribution < 1.29 is 19.7 Å². The van der Waals surface area contributed by atoms with E-state index < -0.39 is 24.3 Å². The maximum atomic E-state index is 10.8. The first-order valence-corrected chi connectivity index (χ1v) is 5.20. The molecule has 1 aliphatic rings. The summed E-state index contributed by atoms with van der Waals surface area (Å²) in [5, 5.41) is 19.0. The van der Waals surface area contributed by atoms with Crippen molar-refractivity contribution in [3.63, 3.8) is 0 Å². The zero-order valence-electron chi connectivity index (χ0n) is 8.48. The molecule has 0 saturated carbocycles. The molecule has 0 bridgehead atoms. The topological polar surface area (TPSA) is 66.8 Å². The number of rotatable bonds is 5. The van der Waals surface area contributed by atoms with Crippen molar-refractivity contribution in [2.45, 2.75) is 57.3 Å². The van der Waals surface area contributed by atoms with Gasteiger partial charge in [0, 0.05) is 0 Å². The average Bonchev–Trinajstić information content (AvgIpc) is 2.45. The zero-order chi connectivity index (χ0) is 10.6. The van der Waals surface area contributed by atoms with Gasteiger partial charge in [0.2, 0.25) is 0 Å². The number of aliphatic hydroxyl groups is 2. The van der Waals surface area contributed by atoms with E-state index >= 15 is 0 Å². The van der Waals surface area contributed by atoms with Gasteiger partial charge in [-0.3, -0.25) is 4.79 Å². The van der Waals surface area contributed by atoms with Crippen LogP contribution in [0.4, 0.5) is 0 Å². The molecule has 1 heterocycles. The second-order valence-electron chi connectivity index (χ2n) is 3.79. The Morgan fingerprint density at radius 1 is 1.57 bits per heavy atom. The Kier molecular flexibility index (Phi) is 4.35. The molecule has 0 spiro atoms. The van der Waals surface area contributed by atoms with Crippen LogP contribution >= 0.6 is 0 Å². The van der Waals surface area contributed by atoms with Gasteiger partial charge < -0.3 is 14.9 Å². The van der Waals surface area contributed by atoms with Crippen LogP contribution in [0.15, 0.2) is 0 Å². The Morgan fingerprint density at radius 2 is 2.29 bits per heavy atom. The summed E-state index contributed by atoms with van der Waals surface area (Å²) in [5.74, 6) is -0.419. The third-order valence-electron chi connectivity index (χ3n) is 2.51. The third-order valence-corrected chi connectivity index (χ3v) is 2.51. The number of hydrogen-bond acceptors (Lipinski definition) is 4. The molecule has 0 aromatic heterocycles. The molecule has 82 valence electrons. The highest BCUT2D eigenvalue weighted by molar-refractivity contribution is 5.72. The number of carbonyl (C=O) groups excluding carboxylic acids is 1. The second kappa shape index (κ2) is 5.32. The van der Waals surface area contributed by atoms with Gasteiger partial charge in [0.25, 0.3) is 0 Å². The Labute approximate surface area is 83.9 Å². The van der Waals surface area contributed by atoms with E-state index in [1.807, 2.05) is 0 Å². The van der Waals surface area contributed by atoms with Crippen LogP contribution in [0.5, 0.6) is 0 Å². The molecule has 14 heavy (non-hydrogen) atoms. The summed E-state index contributed by atoms with van der Waals surface area (Å²) in [6, 6.07) is 0. The lowest BCUT2D eigenvalue weighted by Crippen LogP contribution is -2.34. The van der Waals surface area contributed by atoms with E-state index in [1.165, 1.54) is 0 Å². The predicted octanol–water partition coefficient (Wildman–Crippen LogP) is 0.604. The van der Waals surface area contributed by atoms with Gasteiger partial charge in [-0.25, -0.2) is 0 Å². The van der Waals surface area contributed by atoms with Gasteiger partial charge in [-0.1, -0.05) is 26.2 Å². The minimum Gasteiger partial charge on any atom is -0.457 e. The van der Waals surface area contributed by atoms with Crippen LogP contribution in [0.3, 0.4) is 0 Å². The molecule has 0 aromatic rings. The Morgan fingerprint density at radius 3 is 2.79 bits per heavy atom. The standard InChI is InChI=1S/C10H18O4/c1-2-3-4-5-7(11)10-8(12)6-9(13)14-10/h7-8,10-12H,2-6H2,1H3/t7-,8+,10-/m0/s1. The first-order valence-electron chi connectivity index (χ1n) is 5.20. The van der Waals surface area contributed by atoms with Crippen molar-refractivity contribution in [3.8, 4) is 0 Å². The number of unbranched alkanes of at least 4 members (excludes halogenated alkanes) is 2. The van der Waals surface area contributed by atoms with Crippen LogP contribution in [0.2, 0.25) is 0 Å². The van der Waals surface area contributed by atoms with E-state index in [4.69, 9.17) is 4.74 Å². The summed E-state index contributed by atoms with van der Waals surface area (Å²) in [5.41, 5.74) is 0. The number of hydrogen-bond donors (Lipinski definition) is 2. The number of cyclic esters (lactones) is 1. The number of esters is 1. The van der Waals surface area contributed by atoms with Crippen molar-refractivity contribution in [2.24, 2.45) is 0 Å². The Balaban J connectivity index is 2.29. The van der Waals surface area contributed by atoms with Gasteiger partial charge in [0.15, 0.2) is 6.10 Å². The highest BCUT2D eigenvalue weighted by atomic mass is 16.6. The summed E-state index contributed by atoms with van der Waals surface area (Å²) in [7, 11) is 0. The maximum Gasteiger partial charge on any atom is 0.309 e. The van der Waals surface area contributed by atoms with Gasteiger partial charge in [-0.15, -0.1) is 0 Å². The minimum absolute atomic E-state index is 0.00943. The van der Waals surface area contributed by atoms with E-state index in [1.54, 1.807) is 0 Å². The fourth-order valence-corrected chi connectivity index (χ4v) is 1.67. The first kappa shape index (κ1) is 11.5. The smallest absolute Gasteiger partial charge is 0.309 e. The van der Waals surface area contributed by atoms with Crippen molar-refractivity contribution >= 4 is 5.97 Å². The normalized spacial score (nSPS) is 28.9. The minimum atomic E-state index is -0.834. The molecular formula is C10H18O4. The van der Waals surface area contributed by atoms with Crippen LogP contribution in [0.25, 0.3) is 0 Å². The van der Waals surface area contributed by atoms with Gasteiger partial charge in [-0.05, 0) is 6.42 Å². The summed E-state index contributed by atoms with van der Waals surface area (Å²) in [6.45, 7) is 2.08. The van der Waals surface area contributed by atoms with E-state index in [-0.39, 0.29) is 6.42 Å². The van der Waals surface area contributed by atoms with E-state index in [0.717, 1.165) is 19.3 Å². The van der Waals surface area contributed by atoms with Crippen molar-refractivity contribution in [1.29, 1.82) is 0 Å². The highest BCUT2D eigenvalue weighted by Crippen LogP contribution is 2.21. The number of aliphatic hydroxyl groups excluding tert-OH is 2. The first-order chi connectivity index (χ1) is 6.65. The molecule has 0 aromatic carbocycles. The number of ether oxygens (including phenoxy) is 1. The molecule has 1 saturated heterocycles. The van der Waals surface area contributed by atoms with Crippen molar-refractivity contribution in [2.75, 3.05) is 0 Å². The van der Waals surface area contributed by atoms with Gasteiger partial charge in [0.1, 0.15) is 6.10 Å². The summed E-state index contributed by atoms with van der Waals surface area (Å²) in [6.07, 6.45) is 1.37. The fourth-order valence-electron chi connectivity index (χ4n) is 1.67. The lowest BCUT2D eigenvalue weighted by atomic mass is 10.0. The number of carbonyl (C=O) groups is 1.